The number of para-hydroxylation sites is 1. The normalized spacial score (nSPS) is 12.6. The van der Waals surface area contributed by atoms with E-state index in [1.54, 1.807) is 11.8 Å². The highest BCUT2D eigenvalue weighted by Crippen LogP contribution is 2.33. The summed E-state index contributed by atoms with van der Waals surface area (Å²) in [5.74, 6) is 0.699. The van der Waals surface area contributed by atoms with Crippen LogP contribution in [0.3, 0.4) is 0 Å². The largest absolute Gasteiger partial charge is 0.444 e. The van der Waals surface area contributed by atoms with Crippen LogP contribution in [0.1, 0.15) is 27.7 Å². The van der Waals surface area contributed by atoms with Crippen molar-refractivity contribution in [3.63, 3.8) is 0 Å². The van der Waals surface area contributed by atoms with Crippen LogP contribution in [0.25, 0.3) is 22.0 Å². The Balaban J connectivity index is 1.79. The lowest BCUT2D eigenvalue weighted by Crippen LogP contribution is -2.38. The number of thioether (sulfide) groups is 1. The molecule has 1 heterocycles. The first kappa shape index (κ1) is 20.2. The van der Waals surface area contributed by atoms with Crippen LogP contribution >= 0.6 is 11.8 Å². The van der Waals surface area contributed by atoms with Crippen LogP contribution in [-0.2, 0) is 4.74 Å². The quantitative estimate of drug-likeness (QED) is 0.547. The van der Waals surface area contributed by atoms with Crippen molar-refractivity contribution in [1.82, 2.24) is 10.3 Å². The lowest BCUT2D eigenvalue weighted by molar-refractivity contribution is 0.0513. The number of rotatable bonds is 5. The number of carbonyl (C=O) groups is 1. The van der Waals surface area contributed by atoms with Gasteiger partial charge in [-0.05, 0) is 45.4 Å². The zero-order valence-corrected chi connectivity index (χ0v) is 17.5. The van der Waals surface area contributed by atoms with E-state index in [1.807, 2.05) is 64.1 Å². The van der Waals surface area contributed by atoms with Crippen molar-refractivity contribution in [2.45, 2.75) is 44.4 Å². The van der Waals surface area contributed by atoms with Crippen LogP contribution in [0.15, 0.2) is 65.7 Å². The van der Waals surface area contributed by atoms with Gasteiger partial charge in [-0.1, -0.05) is 48.5 Å². The first-order chi connectivity index (χ1) is 13.3. The highest BCUT2D eigenvalue weighted by molar-refractivity contribution is 7.99. The van der Waals surface area contributed by atoms with Crippen LogP contribution in [-0.4, -0.2) is 28.5 Å². The monoisotopic (exact) mass is 394 g/mol. The Labute approximate surface area is 170 Å². The van der Waals surface area contributed by atoms with Gasteiger partial charge in [0.25, 0.3) is 0 Å². The van der Waals surface area contributed by atoms with Crippen LogP contribution in [0.4, 0.5) is 4.79 Å². The fourth-order valence-electron chi connectivity index (χ4n) is 2.79. The fraction of sp³-hybridized carbons (Fsp3) is 0.304. The van der Waals surface area contributed by atoms with Crippen molar-refractivity contribution >= 4 is 28.8 Å². The molecule has 0 saturated carbocycles. The highest BCUT2D eigenvalue weighted by Gasteiger charge is 2.18. The molecule has 5 heteroatoms. The number of nitrogens with zero attached hydrogens (tertiary/aromatic N) is 1. The number of pyridine rings is 1. The summed E-state index contributed by atoms with van der Waals surface area (Å²) in [4.78, 5) is 16.9. The molecule has 146 valence electrons. The molecule has 0 aliphatic heterocycles. The standard InChI is InChI=1S/C23H26N2O2S/c1-16(24-22(26)27-23(2,3)4)15-28-21-19(17-10-6-5-7-11-17)14-18-12-8-9-13-20(18)25-21/h5-14,16H,15H2,1-4H3,(H,24,26). The number of nitrogens with one attached hydrogen (secondary N) is 1. The molecule has 0 aliphatic carbocycles. The van der Waals surface area contributed by atoms with Crippen molar-refractivity contribution in [2.75, 3.05) is 5.75 Å². The van der Waals surface area contributed by atoms with Gasteiger partial charge in [-0.25, -0.2) is 9.78 Å². The average molecular weight is 395 g/mol. The van der Waals surface area contributed by atoms with Gasteiger partial charge in [0.1, 0.15) is 10.6 Å². The second kappa shape index (κ2) is 8.65. The molecule has 3 rings (SSSR count). The number of ether oxygens (including phenoxy) is 1. The number of amides is 1. The van der Waals surface area contributed by atoms with E-state index >= 15 is 0 Å². The first-order valence-electron chi connectivity index (χ1n) is 9.39. The summed E-state index contributed by atoms with van der Waals surface area (Å²) in [6.07, 6.45) is -0.393. The Bertz CT molecular complexity index is 952. The molecule has 0 saturated heterocycles. The lowest BCUT2D eigenvalue weighted by atomic mass is 10.1. The predicted molar refractivity (Wildman–Crippen MR) is 117 cm³/mol. The molecule has 2 aromatic carbocycles. The van der Waals surface area contributed by atoms with Gasteiger partial charge in [0.2, 0.25) is 0 Å². The third-order valence-electron chi connectivity index (χ3n) is 4.01. The predicted octanol–water partition coefficient (Wildman–Crippen LogP) is 5.91. The van der Waals surface area contributed by atoms with E-state index in [0.717, 1.165) is 27.1 Å². The zero-order valence-electron chi connectivity index (χ0n) is 16.7. The summed E-state index contributed by atoms with van der Waals surface area (Å²) >= 11 is 1.64. The zero-order chi connectivity index (χ0) is 20.1. The maximum absolute atomic E-state index is 12.0. The Kier molecular flexibility index (Phi) is 6.25. The Morgan fingerprint density at radius 2 is 1.79 bits per heavy atom. The molecule has 28 heavy (non-hydrogen) atoms. The molecule has 0 bridgehead atoms. The van der Waals surface area contributed by atoms with E-state index in [1.165, 1.54) is 0 Å². The number of aromatic nitrogens is 1. The smallest absolute Gasteiger partial charge is 0.407 e. The maximum atomic E-state index is 12.0. The molecule has 4 nitrogen and oxygen atoms in total. The van der Waals surface area contributed by atoms with Gasteiger partial charge < -0.3 is 10.1 Å². The van der Waals surface area contributed by atoms with Gasteiger partial charge in [0, 0.05) is 22.7 Å². The minimum Gasteiger partial charge on any atom is -0.444 e. The Morgan fingerprint density at radius 1 is 1.11 bits per heavy atom. The summed E-state index contributed by atoms with van der Waals surface area (Å²) < 4.78 is 5.34. The third-order valence-corrected chi connectivity index (χ3v) is 5.26. The highest BCUT2D eigenvalue weighted by atomic mass is 32.2. The number of hydrogen-bond donors (Lipinski definition) is 1. The molecule has 3 aromatic rings. The molecular formula is C23H26N2O2S. The molecule has 0 aliphatic rings. The number of hydrogen-bond acceptors (Lipinski definition) is 4. The van der Waals surface area contributed by atoms with Crippen LogP contribution in [0, 0.1) is 0 Å². The molecule has 1 N–H and O–H groups in total. The van der Waals surface area contributed by atoms with Gasteiger partial charge >= 0.3 is 6.09 Å². The second-order valence-electron chi connectivity index (χ2n) is 7.76. The number of carbonyl (C=O) groups excluding carboxylic acids is 1. The van der Waals surface area contributed by atoms with E-state index in [0.29, 0.717) is 5.75 Å². The van der Waals surface area contributed by atoms with Crippen molar-refractivity contribution in [2.24, 2.45) is 0 Å². The van der Waals surface area contributed by atoms with Crippen molar-refractivity contribution in [3.8, 4) is 11.1 Å². The molecule has 0 spiro atoms. The summed E-state index contributed by atoms with van der Waals surface area (Å²) in [6, 6.07) is 20.5. The van der Waals surface area contributed by atoms with Crippen LogP contribution in [0.5, 0.6) is 0 Å². The van der Waals surface area contributed by atoms with Gasteiger partial charge in [-0.2, -0.15) is 0 Å². The molecule has 1 aromatic heterocycles. The topological polar surface area (TPSA) is 51.2 Å². The van der Waals surface area contributed by atoms with E-state index in [-0.39, 0.29) is 6.04 Å². The Morgan fingerprint density at radius 3 is 2.50 bits per heavy atom. The minimum atomic E-state index is -0.503. The lowest BCUT2D eigenvalue weighted by Gasteiger charge is -2.22. The van der Waals surface area contributed by atoms with Crippen molar-refractivity contribution in [1.29, 1.82) is 0 Å². The molecule has 0 radical (unpaired) electrons. The van der Waals surface area contributed by atoms with Gasteiger partial charge in [0.15, 0.2) is 0 Å². The number of alkyl carbamates (subject to hydrolysis) is 1. The van der Waals surface area contributed by atoms with E-state index in [4.69, 9.17) is 9.72 Å². The van der Waals surface area contributed by atoms with E-state index in [2.05, 4.69) is 29.6 Å². The van der Waals surface area contributed by atoms with Gasteiger partial charge in [-0.3, -0.25) is 0 Å². The van der Waals surface area contributed by atoms with Crippen LogP contribution in [0.2, 0.25) is 0 Å². The first-order valence-corrected chi connectivity index (χ1v) is 10.4. The summed E-state index contributed by atoms with van der Waals surface area (Å²) in [7, 11) is 0. The second-order valence-corrected chi connectivity index (χ2v) is 8.77. The maximum Gasteiger partial charge on any atom is 0.407 e. The SMILES string of the molecule is CC(CSc1nc2ccccc2cc1-c1ccccc1)NC(=O)OC(C)(C)C. The summed E-state index contributed by atoms with van der Waals surface area (Å²) in [5, 5.41) is 4.97. The minimum absolute atomic E-state index is 0.0447. The third kappa shape index (κ3) is 5.49. The molecule has 1 unspecified atom stereocenters. The molecule has 1 atom stereocenters. The Hall–Kier alpha value is -2.53. The van der Waals surface area contributed by atoms with E-state index in [9.17, 15) is 4.79 Å². The average Bonchev–Trinajstić information content (AvgIpc) is 2.64. The van der Waals surface area contributed by atoms with E-state index < -0.39 is 11.7 Å². The fourth-order valence-corrected chi connectivity index (χ4v) is 3.77. The summed E-state index contributed by atoms with van der Waals surface area (Å²) in [6.45, 7) is 7.55. The van der Waals surface area contributed by atoms with Gasteiger partial charge in [0.05, 0.1) is 5.52 Å². The summed E-state index contributed by atoms with van der Waals surface area (Å²) in [5.41, 5.74) is 2.71. The number of fused-ring (bicyclic) bond motifs is 1. The van der Waals surface area contributed by atoms with Crippen molar-refractivity contribution in [3.05, 3.63) is 60.7 Å². The van der Waals surface area contributed by atoms with Gasteiger partial charge in [-0.15, -0.1) is 11.8 Å². The molecule has 1 amide bonds. The van der Waals surface area contributed by atoms with Crippen molar-refractivity contribution < 1.29 is 9.53 Å². The number of benzene rings is 2. The molecule has 0 fully saturated rings. The molecular weight excluding hydrogens is 368 g/mol. The van der Waals surface area contributed by atoms with Crippen LogP contribution < -0.4 is 5.32 Å².